The maximum Gasteiger partial charge on any atom is 0.143 e. The Labute approximate surface area is 88.5 Å². The van der Waals surface area contributed by atoms with E-state index in [2.05, 4.69) is 5.92 Å². The highest BCUT2D eigenvalue weighted by Gasteiger charge is 2.07. The molecule has 1 atom stereocenters. The van der Waals surface area contributed by atoms with Crippen LogP contribution < -0.4 is 0 Å². The first kappa shape index (κ1) is 11.1. The van der Waals surface area contributed by atoms with Gasteiger partial charge in [0.1, 0.15) is 6.10 Å². The molecule has 1 rings (SSSR count). The average molecular weight is 211 g/mol. The normalized spacial score (nSPS) is 12.1. The maximum absolute atomic E-state index is 8.59. The van der Waals surface area contributed by atoms with Crippen LogP contribution in [0.5, 0.6) is 0 Å². The molecule has 0 fully saturated rings. The number of ether oxygens (including phenoxy) is 1. The number of hydrogen-bond donors (Lipinski definition) is 1. The molecule has 0 spiro atoms. The summed E-state index contributed by atoms with van der Waals surface area (Å²) in [5.41, 5.74) is 0.827. The third kappa shape index (κ3) is 3.04. The van der Waals surface area contributed by atoms with Gasteiger partial charge in [0, 0.05) is 5.02 Å². The minimum absolute atomic E-state index is 0.0429. The van der Waals surface area contributed by atoms with E-state index >= 15 is 0 Å². The Morgan fingerprint density at radius 2 is 2.36 bits per heavy atom. The minimum atomic E-state index is -0.444. The van der Waals surface area contributed by atoms with E-state index < -0.39 is 6.10 Å². The second-order valence-electron chi connectivity index (χ2n) is 2.70. The summed E-state index contributed by atoms with van der Waals surface area (Å²) in [4.78, 5) is 0. The fourth-order valence-electron chi connectivity index (χ4n) is 1.08. The lowest BCUT2D eigenvalue weighted by molar-refractivity contribution is 0.0593. The van der Waals surface area contributed by atoms with Gasteiger partial charge in [-0.2, -0.15) is 0 Å². The van der Waals surface area contributed by atoms with Crippen molar-refractivity contribution in [2.45, 2.75) is 6.10 Å². The lowest BCUT2D eigenvalue weighted by Crippen LogP contribution is -2.05. The van der Waals surface area contributed by atoms with Gasteiger partial charge in [-0.3, -0.25) is 0 Å². The molecule has 3 heteroatoms. The van der Waals surface area contributed by atoms with Crippen LogP contribution in [-0.2, 0) is 4.74 Å². The predicted molar refractivity (Wildman–Crippen MR) is 56.1 cm³/mol. The molecule has 0 saturated heterocycles. The summed E-state index contributed by atoms with van der Waals surface area (Å²) < 4.78 is 5.24. The number of aliphatic hydroxyl groups excluding tert-OH is 1. The number of hydrogen-bond acceptors (Lipinski definition) is 2. The first-order valence-corrected chi connectivity index (χ1v) is 4.59. The molecule has 1 N–H and O–H groups in total. The van der Waals surface area contributed by atoms with Crippen molar-refractivity contribution >= 4 is 11.6 Å². The monoisotopic (exact) mass is 210 g/mol. The molecule has 1 aromatic rings. The Kier molecular flexibility index (Phi) is 4.48. The van der Waals surface area contributed by atoms with Gasteiger partial charge in [-0.1, -0.05) is 29.7 Å². The zero-order chi connectivity index (χ0) is 10.4. The van der Waals surface area contributed by atoms with Crippen LogP contribution in [0.3, 0.4) is 0 Å². The van der Waals surface area contributed by atoms with Gasteiger partial charge in [0.2, 0.25) is 0 Å². The van der Waals surface area contributed by atoms with E-state index in [0.29, 0.717) is 5.02 Å². The van der Waals surface area contributed by atoms with Crippen LogP contribution in [0.25, 0.3) is 0 Å². The van der Waals surface area contributed by atoms with Gasteiger partial charge in [0.15, 0.2) is 0 Å². The van der Waals surface area contributed by atoms with Gasteiger partial charge < -0.3 is 9.84 Å². The fourth-order valence-corrected chi connectivity index (χ4v) is 1.28. The molecule has 1 aromatic carbocycles. The molecule has 1 unspecified atom stereocenters. The summed E-state index contributed by atoms with van der Waals surface area (Å²) in [6.45, 7) is 0.181. The van der Waals surface area contributed by atoms with E-state index in [4.69, 9.17) is 27.9 Å². The molecule has 74 valence electrons. The topological polar surface area (TPSA) is 29.5 Å². The summed E-state index contributed by atoms with van der Waals surface area (Å²) in [6.07, 6.45) is 4.85. The largest absolute Gasteiger partial charge is 0.394 e. The van der Waals surface area contributed by atoms with Crippen molar-refractivity contribution in [2.24, 2.45) is 0 Å². The molecule has 0 bridgehead atoms. The van der Waals surface area contributed by atoms with Crippen LogP contribution in [0.15, 0.2) is 24.3 Å². The summed E-state index contributed by atoms with van der Waals surface area (Å²) >= 11 is 5.81. The first-order chi connectivity index (χ1) is 6.77. The molecule has 0 aliphatic carbocycles. The Hall–Kier alpha value is -1.01. The van der Waals surface area contributed by atoms with E-state index in [1.54, 1.807) is 12.1 Å². The summed E-state index contributed by atoms with van der Waals surface area (Å²) in [5, 5.41) is 9.21. The highest BCUT2D eigenvalue weighted by atomic mass is 35.5. The molecule has 0 saturated carbocycles. The minimum Gasteiger partial charge on any atom is -0.394 e. The Balaban J connectivity index is 2.75. The lowest BCUT2D eigenvalue weighted by atomic mass is 10.1. The number of halogens is 1. The van der Waals surface area contributed by atoms with Gasteiger partial charge >= 0.3 is 0 Å². The molecule has 0 radical (unpaired) electrons. The zero-order valence-corrected chi connectivity index (χ0v) is 8.37. The van der Waals surface area contributed by atoms with E-state index in [1.165, 1.54) is 0 Å². The standard InChI is InChI=1S/C11H11ClO2/c1-2-11(14-7-6-13)9-4-3-5-10(12)8-9/h1,3-5,8,11,13H,6-7H2. The van der Waals surface area contributed by atoms with Crippen molar-refractivity contribution in [3.05, 3.63) is 34.9 Å². The van der Waals surface area contributed by atoms with Crippen LogP contribution in [0.4, 0.5) is 0 Å². The van der Waals surface area contributed by atoms with Gasteiger partial charge in [0.25, 0.3) is 0 Å². The van der Waals surface area contributed by atoms with Gasteiger partial charge in [-0.25, -0.2) is 0 Å². The number of aliphatic hydroxyl groups is 1. The molecule has 0 aliphatic heterocycles. The molecule has 2 nitrogen and oxygen atoms in total. The molecule has 0 amide bonds. The third-order valence-corrected chi connectivity index (χ3v) is 1.91. The van der Waals surface area contributed by atoms with Crippen LogP contribution in [0, 0.1) is 12.3 Å². The number of terminal acetylenes is 1. The molecule has 0 aliphatic rings. The number of rotatable bonds is 4. The SMILES string of the molecule is C#CC(OCCO)c1cccc(Cl)c1. The molecule has 0 heterocycles. The number of benzene rings is 1. The zero-order valence-electron chi connectivity index (χ0n) is 7.61. The van der Waals surface area contributed by atoms with Crippen molar-refractivity contribution in [1.29, 1.82) is 0 Å². The third-order valence-electron chi connectivity index (χ3n) is 1.68. The second kappa shape index (κ2) is 5.66. The summed E-state index contributed by atoms with van der Waals surface area (Å²) in [5.74, 6) is 2.49. The average Bonchev–Trinajstić information content (AvgIpc) is 2.19. The van der Waals surface area contributed by atoms with Crippen LogP contribution >= 0.6 is 11.6 Å². The van der Waals surface area contributed by atoms with Crippen LogP contribution in [0.1, 0.15) is 11.7 Å². The Morgan fingerprint density at radius 1 is 1.57 bits per heavy atom. The second-order valence-corrected chi connectivity index (χ2v) is 3.13. The highest BCUT2D eigenvalue weighted by Crippen LogP contribution is 2.19. The maximum atomic E-state index is 8.59. The van der Waals surface area contributed by atoms with Crippen LogP contribution in [0.2, 0.25) is 5.02 Å². The predicted octanol–water partition coefficient (Wildman–Crippen LogP) is 2.02. The van der Waals surface area contributed by atoms with Crippen molar-refractivity contribution in [3.63, 3.8) is 0 Å². The highest BCUT2D eigenvalue weighted by molar-refractivity contribution is 6.30. The molecular weight excluding hydrogens is 200 g/mol. The van der Waals surface area contributed by atoms with Crippen molar-refractivity contribution in [2.75, 3.05) is 13.2 Å². The summed E-state index contributed by atoms with van der Waals surface area (Å²) in [7, 11) is 0. The summed E-state index contributed by atoms with van der Waals surface area (Å²) in [6, 6.07) is 7.17. The van der Waals surface area contributed by atoms with Crippen molar-refractivity contribution in [3.8, 4) is 12.3 Å². The van der Waals surface area contributed by atoms with Gasteiger partial charge in [-0.15, -0.1) is 6.42 Å². The molecular formula is C11H11ClO2. The van der Waals surface area contributed by atoms with Crippen molar-refractivity contribution < 1.29 is 9.84 Å². The quantitative estimate of drug-likeness (QED) is 0.771. The molecule has 0 aromatic heterocycles. The lowest BCUT2D eigenvalue weighted by Gasteiger charge is -2.11. The first-order valence-electron chi connectivity index (χ1n) is 4.22. The molecule has 14 heavy (non-hydrogen) atoms. The van der Waals surface area contributed by atoms with E-state index in [0.717, 1.165) is 5.56 Å². The van der Waals surface area contributed by atoms with Crippen LogP contribution in [-0.4, -0.2) is 18.3 Å². The Bertz CT molecular complexity index is 330. The fraction of sp³-hybridized carbons (Fsp3) is 0.273. The van der Waals surface area contributed by atoms with E-state index in [9.17, 15) is 0 Å². The smallest absolute Gasteiger partial charge is 0.143 e. The van der Waals surface area contributed by atoms with Gasteiger partial charge in [0.05, 0.1) is 13.2 Å². The van der Waals surface area contributed by atoms with Crippen molar-refractivity contribution in [1.82, 2.24) is 0 Å². The van der Waals surface area contributed by atoms with Gasteiger partial charge in [-0.05, 0) is 17.7 Å². The Morgan fingerprint density at radius 3 is 2.93 bits per heavy atom. The van der Waals surface area contributed by atoms with E-state index in [-0.39, 0.29) is 13.2 Å². The van der Waals surface area contributed by atoms with E-state index in [1.807, 2.05) is 12.1 Å².